The first kappa shape index (κ1) is 8.82. The predicted octanol–water partition coefficient (Wildman–Crippen LogP) is 0.993. The third kappa shape index (κ3) is 25.2. The molecule has 22 valence electrons. The SMILES string of the molecule is C=[C-]C.[Ti]. The fourth-order valence-electron chi connectivity index (χ4n) is 0. The Morgan fingerprint density at radius 3 is 1.75 bits per heavy atom. The van der Waals surface area contributed by atoms with Crippen LogP contribution in [-0.4, -0.2) is 0 Å². The van der Waals surface area contributed by atoms with Gasteiger partial charge in [-0.15, -0.1) is 0 Å². The Kier molecular flexibility index (Phi) is 21.7. The zero-order chi connectivity index (χ0) is 2.71. The van der Waals surface area contributed by atoms with Gasteiger partial charge in [0.2, 0.25) is 0 Å². The second-order valence-corrected chi connectivity index (χ2v) is 0.354. The molecule has 0 aliphatic carbocycles. The standard InChI is InChI=1S/C3H5.Ti/c1-3-2;/h1H2,2H3;/q-1;. The third-order valence-corrected chi connectivity index (χ3v) is 0. The van der Waals surface area contributed by atoms with Crippen LogP contribution in [0.25, 0.3) is 0 Å². The van der Waals surface area contributed by atoms with Crippen LogP contribution < -0.4 is 0 Å². The zero-order valence-corrected chi connectivity index (χ0v) is 4.27. The van der Waals surface area contributed by atoms with Crippen molar-refractivity contribution in [2.24, 2.45) is 0 Å². The minimum atomic E-state index is 0. The van der Waals surface area contributed by atoms with E-state index in [-0.39, 0.29) is 21.7 Å². The molecule has 0 bridgehead atoms. The quantitative estimate of drug-likeness (QED) is 0.306. The first-order chi connectivity index (χ1) is 1.41. The Morgan fingerprint density at radius 1 is 1.75 bits per heavy atom. The first-order valence-corrected chi connectivity index (χ1v) is 0.854. The van der Waals surface area contributed by atoms with Gasteiger partial charge in [0.25, 0.3) is 0 Å². The van der Waals surface area contributed by atoms with Crippen molar-refractivity contribution in [3.8, 4) is 0 Å². The Labute approximate surface area is 41.8 Å². The van der Waals surface area contributed by atoms with E-state index in [1.807, 2.05) is 0 Å². The topological polar surface area (TPSA) is 0 Å². The summed E-state index contributed by atoms with van der Waals surface area (Å²) < 4.78 is 0. The molecule has 0 heterocycles. The molecule has 1 heteroatoms. The summed E-state index contributed by atoms with van der Waals surface area (Å²) in [5.41, 5.74) is 0. The summed E-state index contributed by atoms with van der Waals surface area (Å²) >= 11 is 0. The van der Waals surface area contributed by atoms with Crippen molar-refractivity contribution in [2.45, 2.75) is 6.92 Å². The summed E-state index contributed by atoms with van der Waals surface area (Å²) in [5.74, 6) is 0. The Bertz CT molecular complexity index is 10.8. The second kappa shape index (κ2) is 9.84. The molecule has 0 aliphatic rings. The molecule has 0 N–H and O–H groups in total. The summed E-state index contributed by atoms with van der Waals surface area (Å²) in [6.45, 7) is 5.00. The van der Waals surface area contributed by atoms with Gasteiger partial charge in [-0.05, 0) is 0 Å². The largest absolute Gasteiger partial charge is 0.507 e. The summed E-state index contributed by atoms with van der Waals surface area (Å²) in [6.07, 6.45) is 2.50. The maximum absolute atomic E-state index is 3.24. The normalized spacial score (nSPS) is 3.25. The van der Waals surface area contributed by atoms with Crippen molar-refractivity contribution in [1.29, 1.82) is 0 Å². The average molecular weight is 88.9 g/mol. The maximum atomic E-state index is 3.24. The van der Waals surface area contributed by atoms with Crippen molar-refractivity contribution in [3.05, 3.63) is 12.7 Å². The molecule has 0 aromatic heterocycles. The Balaban J connectivity index is 0. The molecule has 0 nitrogen and oxygen atoms in total. The summed E-state index contributed by atoms with van der Waals surface area (Å²) in [6, 6.07) is 0. The molecule has 0 rings (SSSR count). The molecular formula is C3H5Ti-. The fourth-order valence-corrected chi connectivity index (χ4v) is 0. The molecule has 0 atom stereocenters. The Morgan fingerprint density at radius 2 is 1.75 bits per heavy atom. The molecule has 0 saturated carbocycles. The molecule has 0 saturated heterocycles. The maximum Gasteiger partial charge on any atom is 0 e. The van der Waals surface area contributed by atoms with E-state index in [0.29, 0.717) is 0 Å². The van der Waals surface area contributed by atoms with Crippen LogP contribution in [-0.2, 0) is 21.7 Å². The minimum absolute atomic E-state index is 0. The van der Waals surface area contributed by atoms with E-state index in [4.69, 9.17) is 0 Å². The van der Waals surface area contributed by atoms with Crippen molar-refractivity contribution in [3.63, 3.8) is 0 Å². The van der Waals surface area contributed by atoms with Gasteiger partial charge in [-0.25, -0.2) is 0 Å². The van der Waals surface area contributed by atoms with Crippen LogP contribution in [0.2, 0.25) is 0 Å². The van der Waals surface area contributed by atoms with Gasteiger partial charge in [0, 0.05) is 21.7 Å². The summed E-state index contributed by atoms with van der Waals surface area (Å²) in [5, 5.41) is 0. The van der Waals surface area contributed by atoms with E-state index in [1.54, 1.807) is 6.92 Å². The van der Waals surface area contributed by atoms with Gasteiger partial charge in [0.05, 0.1) is 0 Å². The van der Waals surface area contributed by atoms with Gasteiger partial charge in [-0.2, -0.15) is 6.92 Å². The molecule has 0 amide bonds. The third-order valence-electron chi connectivity index (χ3n) is 0. The molecule has 0 unspecified atom stereocenters. The van der Waals surface area contributed by atoms with Gasteiger partial charge >= 0.3 is 0 Å². The van der Waals surface area contributed by atoms with Crippen LogP contribution in [0, 0.1) is 6.08 Å². The smallest absolute Gasteiger partial charge is 0 e. The van der Waals surface area contributed by atoms with Crippen LogP contribution in [0.1, 0.15) is 6.92 Å². The van der Waals surface area contributed by atoms with E-state index >= 15 is 0 Å². The Hall–Kier alpha value is 0.454. The second-order valence-electron chi connectivity index (χ2n) is 0.354. The van der Waals surface area contributed by atoms with Crippen molar-refractivity contribution in [1.82, 2.24) is 0 Å². The molecule has 0 spiro atoms. The fraction of sp³-hybridized carbons (Fsp3) is 0.333. The molecule has 4 heavy (non-hydrogen) atoms. The van der Waals surface area contributed by atoms with Crippen LogP contribution >= 0.6 is 0 Å². The predicted molar refractivity (Wildman–Crippen MR) is 14.5 cm³/mol. The summed E-state index contributed by atoms with van der Waals surface area (Å²) in [7, 11) is 0. The van der Waals surface area contributed by atoms with Crippen LogP contribution in [0.3, 0.4) is 0 Å². The van der Waals surface area contributed by atoms with E-state index in [2.05, 4.69) is 12.7 Å². The van der Waals surface area contributed by atoms with Crippen LogP contribution in [0.5, 0.6) is 0 Å². The van der Waals surface area contributed by atoms with Crippen molar-refractivity contribution in [2.75, 3.05) is 0 Å². The molecule has 0 aliphatic heterocycles. The van der Waals surface area contributed by atoms with E-state index < -0.39 is 0 Å². The van der Waals surface area contributed by atoms with E-state index in [1.165, 1.54) is 0 Å². The van der Waals surface area contributed by atoms with Gasteiger partial charge in [0.1, 0.15) is 0 Å². The molecular weight excluding hydrogens is 83.9 g/mol. The number of hydrogen-bond donors (Lipinski definition) is 0. The first-order valence-electron chi connectivity index (χ1n) is 0.854. The van der Waals surface area contributed by atoms with Crippen molar-refractivity contribution >= 4 is 0 Å². The van der Waals surface area contributed by atoms with Gasteiger partial charge < -0.3 is 6.08 Å². The summed E-state index contributed by atoms with van der Waals surface area (Å²) in [4.78, 5) is 0. The number of rotatable bonds is 0. The molecule has 0 aromatic carbocycles. The van der Waals surface area contributed by atoms with Gasteiger partial charge in [0.15, 0.2) is 0 Å². The van der Waals surface area contributed by atoms with Gasteiger partial charge in [-0.1, -0.05) is 0 Å². The zero-order valence-electron chi connectivity index (χ0n) is 2.71. The van der Waals surface area contributed by atoms with E-state index in [0.717, 1.165) is 0 Å². The average Bonchev–Trinajstić information content (AvgIpc) is 0.918. The van der Waals surface area contributed by atoms with Gasteiger partial charge in [-0.3, -0.25) is 6.58 Å². The monoisotopic (exact) mass is 89.0 g/mol. The molecule has 0 radical (unpaired) electrons. The minimum Gasteiger partial charge on any atom is -0.507 e. The van der Waals surface area contributed by atoms with Crippen LogP contribution in [0.4, 0.5) is 0 Å². The number of allylic oxidation sites excluding steroid dienone is 1. The van der Waals surface area contributed by atoms with Crippen LogP contribution in [0.15, 0.2) is 6.58 Å². The molecule has 0 fully saturated rings. The van der Waals surface area contributed by atoms with E-state index in [9.17, 15) is 0 Å². The number of hydrogen-bond acceptors (Lipinski definition) is 0. The van der Waals surface area contributed by atoms with Crippen molar-refractivity contribution < 1.29 is 21.7 Å². The molecule has 0 aromatic rings.